The predicted octanol–water partition coefficient (Wildman–Crippen LogP) is 10.1. The van der Waals surface area contributed by atoms with Gasteiger partial charge in [0.15, 0.2) is 5.82 Å². The summed E-state index contributed by atoms with van der Waals surface area (Å²) >= 11 is 0. The van der Waals surface area contributed by atoms with Crippen LogP contribution in [0.3, 0.4) is 0 Å². The molecular formula is C40H27N3. The highest BCUT2D eigenvalue weighted by Gasteiger charge is 2.40. The van der Waals surface area contributed by atoms with Gasteiger partial charge in [0.1, 0.15) is 0 Å². The summed E-state index contributed by atoms with van der Waals surface area (Å²) in [6.45, 7) is 4.72. The average molecular weight is 550 g/mol. The van der Waals surface area contributed by atoms with Gasteiger partial charge in [0.05, 0.1) is 11.2 Å². The zero-order chi connectivity index (χ0) is 28.7. The molecule has 3 nitrogen and oxygen atoms in total. The summed E-state index contributed by atoms with van der Waals surface area (Å²) in [5.41, 5.74) is 9.27. The third-order valence-corrected chi connectivity index (χ3v) is 9.33. The lowest BCUT2D eigenvalue weighted by molar-refractivity contribution is 0.662. The molecule has 0 saturated carbocycles. The van der Waals surface area contributed by atoms with Gasteiger partial charge in [-0.2, -0.15) is 0 Å². The van der Waals surface area contributed by atoms with E-state index >= 15 is 0 Å². The highest BCUT2D eigenvalue weighted by atomic mass is 14.9. The Kier molecular flexibility index (Phi) is 4.95. The molecule has 0 spiro atoms. The molecule has 8 aromatic rings. The smallest absolute Gasteiger partial charge is 0.160 e. The Labute approximate surface area is 249 Å². The quantitative estimate of drug-likeness (QED) is 0.159. The van der Waals surface area contributed by atoms with E-state index in [0.717, 1.165) is 33.4 Å². The van der Waals surface area contributed by atoms with E-state index in [1.54, 1.807) is 0 Å². The van der Waals surface area contributed by atoms with Crippen molar-refractivity contribution < 1.29 is 0 Å². The Morgan fingerprint density at radius 2 is 1.09 bits per heavy atom. The van der Waals surface area contributed by atoms with Crippen LogP contribution < -0.4 is 0 Å². The molecule has 3 heteroatoms. The maximum absolute atomic E-state index is 5.43. The molecule has 2 aromatic heterocycles. The first-order valence-electron chi connectivity index (χ1n) is 14.8. The number of rotatable bonds is 2. The SMILES string of the molecule is CC1(C)c2ccccc2-c2nc3ccc4ccccc4c3c(-c3c4ccccc4c(-c4ncccn4)c4ccccc34)c21. The summed E-state index contributed by atoms with van der Waals surface area (Å²) in [4.78, 5) is 14.9. The lowest BCUT2D eigenvalue weighted by Crippen LogP contribution is -2.17. The van der Waals surface area contributed by atoms with Gasteiger partial charge >= 0.3 is 0 Å². The number of fused-ring (bicyclic) bond motifs is 8. The normalized spacial score (nSPS) is 13.5. The van der Waals surface area contributed by atoms with E-state index in [1.807, 2.05) is 18.5 Å². The minimum Gasteiger partial charge on any atom is -0.247 e. The van der Waals surface area contributed by atoms with Crippen molar-refractivity contribution in [3.05, 3.63) is 139 Å². The van der Waals surface area contributed by atoms with Crippen molar-refractivity contribution in [3.8, 4) is 33.8 Å². The third-order valence-electron chi connectivity index (χ3n) is 9.33. The number of nitrogens with zero attached hydrogens (tertiary/aromatic N) is 3. The van der Waals surface area contributed by atoms with Crippen LogP contribution in [-0.2, 0) is 5.41 Å². The fourth-order valence-electron chi connectivity index (χ4n) is 7.53. The molecule has 0 saturated heterocycles. The van der Waals surface area contributed by atoms with Crippen molar-refractivity contribution in [2.75, 3.05) is 0 Å². The molecular weight excluding hydrogens is 522 g/mol. The predicted molar refractivity (Wildman–Crippen MR) is 178 cm³/mol. The Morgan fingerprint density at radius 1 is 0.512 bits per heavy atom. The van der Waals surface area contributed by atoms with E-state index in [0.29, 0.717) is 0 Å². The summed E-state index contributed by atoms with van der Waals surface area (Å²) in [5, 5.41) is 8.33. The third kappa shape index (κ3) is 3.28. The molecule has 6 aromatic carbocycles. The average Bonchev–Trinajstić information content (AvgIpc) is 3.29. The zero-order valence-electron chi connectivity index (χ0n) is 24.0. The zero-order valence-corrected chi connectivity index (χ0v) is 24.0. The molecule has 2 heterocycles. The van der Waals surface area contributed by atoms with Crippen LogP contribution in [0.2, 0.25) is 0 Å². The monoisotopic (exact) mass is 549 g/mol. The van der Waals surface area contributed by atoms with E-state index in [9.17, 15) is 0 Å². The van der Waals surface area contributed by atoms with Crippen molar-refractivity contribution in [1.82, 2.24) is 15.0 Å². The van der Waals surface area contributed by atoms with Crippen molar-refractivity contribution >= 4 is 43.2 Å². The van der Waals surface area contributed by atoms with Crippen LogP contribution in [-0.4, -0.2) is 15.0 Å². The molecule has 202 valence electrons. The second-order valence-corrected chi connectivity index (χ2v) is 12.0. The highest BCUT2D eigenvalue weighted by molar-refractivity contribution is 6.26. The van der Waals surface area contributed by atoms with E-state index in [4.69, 9.17) is 15.0 Å². The van der Waals surface area contributed by atoms with Gasteiger partial charge in [-0.25, -0.2) is 15.0 Å². The molecule has 0 aliphatic heterocycles. The van der Waals surface area contributed by atoms with Gasteiger partial charge in [-0.05, 0) is 66.7 Å². The van der Waals surface area contributed by atoms with Gasteiger partial charge in [-0.1, -0.05) is 117 Å². The van der Waals surface area contributed by atoms with Gasteiger partial charge in [0.2, 0.25) is 0 Å². The fraction of sp³-hybridized carbons (Fsp3) is 0.0750. The largest absolute Gasteiger partial charge is 0.247 e. The molecule has 0 N–H and O–H groups in total. The Balaban J connectivity index is 1.57. The Morgan fingerprint density at radius 3 is 1.79 bits per heavy atom. The summed E-state index contributed by atoms with van der Waals surface area (Å²) in [7, 11) is 0. The van der Waals surface area contributed by atoms with Crippen molar-refractivity contribution in [3.63, 3.8) is 0 Å². The number of aromatic nitrogens is 3. The van der Waals surface area contributed by atoms with Crippen LogP contribution in [0.25, 0.3) is 77.0 Å². The van der Waals surface area contributed by atoms with Crippen molar-refractivity contribution in [2.24, 2.45) is 0 Å². The summed E-state index contributed by atoms with van der Waals surface area (Å²) in [5.74, 6) is 0.740. The van der Waals surface area contributed by atoms with E-state index < -0.39 is 0 Å². The Hall–Kier alpha value is -5.41. The van der Waals surface area contributed by atoms with Gasteiger partial charge in [0, 0.05) is 34.3 Å². The standard InChI is InChI=1S/C40H27N3/c1-40(2)31-19-10-9-18-30(31)38-37(40)36(35-25-13-4-3-12-24(25)20-21-32(35)43-38)33-26-14-5-7-16-28(26)34(39-41-22-11-23-42-39)29-17-8-6-15-27(29)33/h3-23H,1-2H3. The second-order valence-electron chi connectivity index (χ2n) is 12.0. The first-order chi connectivity index (χ1) is 21.1. The number of hydrogen-bond acceptors (Lipinski definition) is 3. The van der Waals surface area contributed by atoms with E-state index in [2.05, 4.69) is 123 Å². The molecule has 43 heavy (non-hydrogen) atoms. The van der Waals surface area contributed by atoms with Crippen LogP contribution in [0.1, 0.15) is 25.0 Å². The molecule has 0 bridgehead atoms. The maximum atomic E-state index is 5.43. The summed E-state index contributed by atoms with van der Waals surface area (Å²) < 4.78 is 0. The maximum Gasteiger partial charge on any atom is 0.160 e. The highest BCUT2D eigenvalue weighted by Crippen LogP contribution is 2.56. The number of hydrogen-bond donors (Lipinski definition) is 0. The topological polar surface area (TPSA) is 38.7 Å². The molecule has 0 unspecified atom stereocenters. The molecule has 0 radical (unpaired) electrons. The first kappa shape index (κ1) is 24.2. The van der Waals surface area contributed by atoms with Crippen LogP contribution in [0, 0.1) is 0 Å². The van der Waals surface area contributed by atoms with E-state index in [-0.39, 0.29) is 5.41 Å². The summed E-state index contributed by atoms with van der Waals surface area (Å²) in [6, 6.07) is 41.3. The van der Waals surface area contributed by atoms with Crippen LogP contribution in [0.15, 0.2) is 128 Å². The van der Waals surface area contributed by atoms with Crippen LogP contribution in [0.5, 0.6) is 0 Å². The van der Waals surface area contributed by atoms with Gasteiger partial charge in [-0.3, -0.25) is 0 Å². The first-order valence-corrected chi connectivity index (χ1v) is 14.8. The minimum atomic E-state index is -0.247. The van der Waals surface area contributed by atoms with Gasteiger partial charge in [0.25, 0.3) is 0 Å². The van der Waals surface area contributed by atoms with Crippen LogP contribution >= 0.6 is 0 Å². The number of benzene rings is 6. The van der Waals surface area contributed by atoms with Gasteiger partial charge < -0.3 is 0 Å². The lowest BCUT2D eigenvalue weighted by atomic mass is 9.76. The van der Waals surface area contributed by atoms with Gasteiger partial charge in [-0.15, -0.1) is 0 Å². The Bertz CT molecular complexity index is 2370. The molecule has 0 fully saturated rings. The fourth-order valence-corrected chi connectivity index (χ4v) is 7.53. The van der Waals surface area contributed by atoms with Crippen LogP contribution in [0.4, 0.5) is 0 Å². The molecule has 0 amide bonds. The van der Waals surface area contributed by atoms with Crippen molar-refractivity contribution in [2.45, 2.75) is 19.3 Å². The molecule has 1 aliphatic carbocycles. The molecule has 9 rings (SSSR count). The number of pyridine rings is 1. The van der Waals surface area contributed by atoms with Crippen molar-refractivity contribution in [1.29, 1.82) is 0 Å². The minimum absolute atomic E-state index is 0.247. The van der Waals surface area contributed by atoms with E-state index in [1.165, 1.54) is 54.7 Å². The summed E-state index contributed by atoms with van der Waals surface area (Å²) in [6.07, 6.45) is 3.66. The molecule has 0 atom stereocenters. The lowest BCUT2D eigenvalue weighted by Gasteiger charge is -2.27. The second kappa shape index (κ2) is 8.80. The molecule has 1 aliphatic rings.